The average Bonchev–Trinajstić information content (AvgIpc) is 3.28. The number of carbonyl (C=O) groups is 1. The molecule has 4 rings (SSSR count). The fourth-order valence-corrected chi connectivity index (χ4v) is 4.06. The Bertz CT molecular complexity index is 1160. The minimum absolute atomic E-state index is 0.0438. The Morgan fingerprint density at radius 2 is 1.53 bits per heavy atom. The van der Waals surface area contributed by atoms with Crippen LogP contribution in [0.3, 0.4) is 0 Å². The zero-order valence-electron chi connectivity index (χ0n) is 17.8. The molecule has 162 valence electrons. The van der Waals surface area contributed by atoms with E-state index in [0.717, 1.165) is 11.4 Å². The SMILES string of the molecule is COc1ccc(OC(C)c2nnc(SCC(=O)c3ccccc3)n2-c2ccccc2)cc1. The normalized spacial score (nSPS) is 11.7. The van der Waals surface area contributed by atoms with Crippen LogP contribution < -0.4 is 9.47 Å². The monoisotopic (exact) mass is 445 g/mol. The molecule has 3 aromatic carbocycles. The van der Waals surface area contributed by atoms with Crippen LogP contribution in [0.25, 0.3) is 5.69 Å². The molecule has 0 saturated heterocycles. The fraction of sp³-hybridized carbons (Fsp3) is 0.160. The summed E-state index contributed by atoms with van der Waals surface area (Å²) in [5, 5.41) is 9.42. The van der Waals surface area contributed by atoms with Crippen molar-refractivity contribution in [1.82, 2.24) is 14.8 Å². The maximum Gasteiger partial charge on any atom is 0.196 e. The Morgan fingerprint density at radius 3 is 2.19 bits per heavy atom. The van der Waals surface area contributed by atoms with Crippen molar-refractivity contribution in [2.45, 2.75) is 18.2 Å². The molecule has 1 heterocycles. The minimum atomic E-state index is -0.365. The van der Waals surface area contributed by atoms with Crippen molar-refractivity contribution in [2.24, 2.45) is 0 Å². The minimum Gasteiger partial charge on any atom is -0.497 e. The van der Waals surface area contributed by atoms with Gasteiger partial charge in [0, 0.05) is 11.3 Å². The Balaban J connectivity index is 1.58. The summed E-state index contributed by atoms with van der Waals surface area (Å²) >= 11 is 1.36. The van der Waals surface area contributed by atoms with E-state index in [0.29, 0.717) is 22.3 Å². The highest BCUT2D eigenvalue weighted by molar-refractivity contribution is 7.99. The number of carbonyl (C=O) groups excluding carboxylic acids is 1. The molecule has 32 heavy (non-hydrogen) atoms. The maximum atomic E-state index is 12.6. The van der Waals surface area contributed by atoms with Crippen molar-refractivity contribution < 1.29 is 14.3 Å². The average molecular weight is 446 g/mol. The van der Waals surface area contributed by atoms with E-state index in [2.05, 4.69) is 10.2 Å². The number of Topliss-reactive ketones (excluding diaryl/α,β-unsaturated/α-hetero) is 1. The first kappa shape index (κ1) is 21.6. The van der Waals surface area contributed by atoms with Gasteiger partial charge in [0.15, 0.2) is 22.9 Å². The standard InChI is InChI=1S/C25H23N3O3S/c1-18(31-22-15-13-21(30-2)14-16-22)24-26-27-25(28(24)20-11-7-4-8-12-20)32-17-23(29)19-9-5-3-6-10-19/h3-16,18H,17H2,1-2H3. The van der Waals surface area contributed by atoms with E-state index in [1.165, 1.54) is 11.8 Å². The second-order valence-electron chi connectivity index (χ2n) is 7.03. The highest BCUT2D eigenvalue weighted by Gasteiger charge is 2.22. The molecule has 0 amide bonds. The predicted molar refractivity (Wildman–Crippen MR) is 125 cm³/mol. The predicted octanol–water partition coefficient (Wildman–Crippen LogP) is 5.39. The van der Waals surface area contributed by atoms with E-state index in [-0.39, 0.29) is 17.6 Å². The van der Waals surface area contributed by atoms with Gasteiger partial charge in [-0.3, -0.25) is 9.36 Å². The maximum absolute atomic E-state index is 12.6. The van der Waals surface area contributed by atoms with Gasteiger partial charge in [0.25, 0.3) is 0 Å². The molecule has 4 aromatic rings. The molecule has 0 N–H and O–H groups in total. The van der Waals surface area contributed by atoms with Crippen LogP contribution in [0.5, 0.6) is 11.5 Å². The van der Waals surface area contributed by atoms with Gasteiger partial charge in [-0.2, -0.15) is 0 Å². The number of para-hydroxylation sites is 1. The number of benzene rings is 3. The third kappa shape index (κ3) is 5.00. The molecular formula is C25H23N3O3S. The molecule has 0 spiro atoms. The summed E-state index contributed by atoms with van der Waals surface area (Å²) < 4.78 is 13.3. The quantitative estimate of drug-likeness (QED) is 0.254. The largest absolute Gasteiger partial charge is 0.497 e. The number of methoxy groups -OCH3 is 1. The van der Waals surface area contributed by atoms with Gasteiger partial charge in [0.05, 0.1) is 12.9 Å². The molecule has 7 heteroatoms. The molecule has 6 nitrogen and oxygen atoms in total. The van der Waals surface area contributed by atoms with Crippen molar-refractivity contribution in [2.75, 3.05) is 12.9 Å². The number of nitrogens with zero attached hydrogens (tertiary/aromatic N) is 3. The zero-order chi connectivity index (χ0) is 22.3. The summed E-state index contributed by atoms with van der Waals surface area (Å²) in [6.45, 7) is 1.93. The van der Waals surface area contributed by atoms with Crippen molar-refractivity contribution in [3.05, 3.63) is 96.3 Å². The first-order valence-corrected chi connectivity index (χ1v) is 11.2. The van der Waals surface area contributed by atoms with Gasteiger partial charge in [-0.05, 0) is 43.3 Å². The lowest BCUT2D eigenvalue weighted by Gasteiger charge is -2.17. The van der Waals surface area contributed by atoms with Crippen LogP contribution in [0.2, 0.25) is 0 Å². The van der Waals surface area contributed by atoms with E-state index in [1.807, 2.05) is 96.4 Å². The van der Waals surface area contributed by atoms with Gasteiger partial charge >= 0.3 is 0 Å². The van der Waals surface area contributed by atoms with E-state index >= 15 is 0 Å². The number of aromatic nitrogens is 3. The summed E-state index contributed by atoms with van der Waals surface area (Å²) in [5.41, 5.74) is 1.59. The van der Waals surface area contributed by atoms with Gasteiger partial charge in [-0.25, -0.2) is 0 Å². The van der Waals surface area contributed by atoms with Crippen LogP contribution in [0.4, 0.5) is 0 Å². The number of thioether (sulfide) groups is 1. The number of ether oxygens (including phenoxy) is 2. The Kier molecular flexibility index (Phi) is 6.87. The molecule has 1 aromatic heterocycles. The van der Waals surface area contributed by atoms with Gasteiger partial charge in [-0.1, -0.05) is 60.3 Å². The highest BCUT2D eigenvalue weighted by atomic mass is 32.2. The second kappa shape index (κ2) is 10.2. The van der Waals surface area contributed by atoms with Crippen LogP contribution in [0.1, 0.15) is 29.2 Å². The lowest BCUT2D eigenvalue weighted by molar-refractivity contribution is 0.102. The number of rotatable bonds is 9. The van der Waals surface area contributed by atoms with Crippen molar-refractivity contribution in [1.29, 1.82) is 0 Å². The van der Waals surface area contributed by atoms with Crippen LogP contribution >= 0.6 is 11.8 Å². The highest BCUT2D eigenvalue weighted by Crippen LogP contribution is 2.29. The smallest absolute Gasteiger partial charge is 0.196 e. The Labute approximate surface area is 191 Å². The van der Waals surface area contributed by atoms with Crippen molar-refractivity contribution in [3.8, 4) is 17.2 Å². The van der Waals surface area contributed by atoms with Crippen LogP contribution in [0.15, 0.2) is 90.1 Å². The lowest BCUT2D eigenvalue weighted by atomic mass is 10.2. The molecule has 1 unspecified atom stereocenters. The van der Waals surface area contributed by atoms with E-state index in [1.54, 1.807) is 7.11 Å². The van der Waals surface area contributed by atoms with Crippen molar-refractivity contribution in [3.63, 3.8) is 0 Å². The lowest BCUT2D eigenvalue weighted by Crippen LogP contribution is -2.12. The second-order valence-corrected chi connectivity index (χ2v) is 7.97. The van der Waals surface area contributed by atoms with Crippen LogP contribution in [-0.2, 0) is 0 Å². The van der Waals surface area contributed by atoms with E-state index in [4.69, 9.17) is 9.47 Å². The summed E-state index contributed by atoms with van der Waals surface area (Å²) in [6.07, 6.45) is -0.365. The Hall–Kier alpha value is -3.58. The third-order valence-corrected chi connectivity index (χ3v) is 5.77. The number of hydrogen-bond acceptors (Lipinski definition) is 6. The summed E-state index contributed by atoms with van der Waals surface area (Å²) in [7, 11) is 1.63. The molecule has 1 atom stereocenters. The molecule has 0 saturated carbocycles. The molecule has 0 aliphatic carbocycles. The van der Waals surface area contributed by atoms with Crippen molar-refractivity contribution >= 4 is 17.5 Å². The molecule has 0 radical (unpaired) electrons. The van der Waals surface area contributed by atoms with E-state index < -0.39 is 0 Å². The molecule has 0 aliphatic rings. The first-order chi connectivity index (χ1) is 15.7. The number of ketones is 1. The fourth-order valence-electron chi connectivity index (χ4n) is 3.21. The number of hydrogen-bond donors (Lipinski definition) is 0. The van der Waals surface area contributed by atoms with Gasteiger partial charge in [0.2, 0.25) is 0 Å². The first-order valence-electron chi connectivity index (χ1n) is 10.2. The van der Waals surface area contributed by atoms with Gasteiger partial charge in [0.1, 0.15) is 11.5 Å². The molecule has 0 aliphatic heterocycles. The molecule has 0 fully saturated rings. The molecule has 0 bridgehead atoms. The summed E-state index contributed by atoms with van der Waals surface area (Å²) in [6, 6.07) is 26.5. The van der Waals surface area contributed by atoms with Crippen LogP contribution in [-0.4, -0.2) is 33.4 Å². The van der Waals surface area contributed by atoms with Gasteiger partial charge in [-0.15, -0.1) is 10.2 Å². The summed E-state index contributed by atoms with van der Waals surface area (Å²) in [5.74, 6) is 2.43. The zero-order valence-corrected chi connectivity index (χ0v) is 18.7. The Morgan fingerprint density at radius 1 is 0.906 bits per heavy atom. The third-order valence-electron chi connectivity index (χ3n) is 4.84. The summed E-state index contributed by atoms with van der Waals surface area (Å²) in [4.78, 5) is 12.6. The molecular weight excluding hydrogens is 422 g/mol. The van der Waals surface area contributed by atoms with Gasteiger partial charge < -0.3 is 9.47 Å². The van der Waals surface area contributed by atoms with E-state index in [9.17, 15) is 4.79 Å². The van der Waals surface area contributed by atoms with Crippen LogP contribution in [0, 0.1) is 0 Å². The topological polar surface area (TPSA) is 66.2 Å².